The third-order valence-electron chi connectivity index (χ3n) is 11.0. The highest BCUT2D eigenvalue weighted by Crippen LogP contribution is 2.40. The van der Waals surface area contributed by atoms with Crippen LogP contribution in [0.5, 0.6) is 0 Å². The van der Waals surface area contributed by atoms with Crippen LogP contribution < -0.4 is 20.1 Å². The molecule has 294 valence electrons. The molecule has 2 aromatic heterocycles. The zero-order chi connectivity index (χ0) is 39.2. The van der Waals surface area contributed by atoms with E-state index in [9.17, 15) is 28.2 Å². The van der Waals surface area contributed by atoms with Crippen LogP contribution in [0.15, 0.2) is 34.3 Å². The third-order valence-corrected chi connectivity index (χ3v) is 13.2. The number of amides is 4. The fraction of sp³-hybridized carbons (Fsp3) is 0.474. The van der Waals surface area contributed by atoms with Gasteiger partial charge in [0.25, 0.3) is 0 Å². The molecule has 4 aliphatic carbocycles. The lowest BCUT2D eigenvalue weighted by Gasteiger charge is -2.16. The summed E-state index contributed by atoms with van der Waals surface area (Å²) in [7, 11) is -2.18. The lowest BCUT2D eigenvalue weighted by molar-refractivity contribution is 0.188. The molecule has 0 aliphatic heterocycles. The second-order valence-corrected chi connectivity index (χ2v) is 17.7. The Balaban J connectivity index is 0.000000169. The van der Waals surface area contributed by atoms with E-state index in [0.29, 0.717) is 11.4 Å². The Hall–Kier alpha value is -4.58. The maximum Gasteiger partial charge on any atom is 0.332 e. The number of nitrogens with zero attached hydrogens (tertiary/aromatic N) is 4. The molecular formula is C38H49N9O6S2. The van der Waals surface area contributed by atoms with Crippen LogP contribution >= 0.6 is 0 Å². The molecule has 4 atom stereocenters. The van der Waals surface area contributed by atoms with Crippen LogP contribution in [0.4, 0.5) is 21.0 Å². The van der Waals surface area contributed by atoms with Crippen molar-refractivity contribution in [1.82, 2.24) is 29.0 Å². The number of carbonyl (C=O) groups is 2. The summed E-state index contributed by atoms with van der Waals surface area (Å²) < 4.78 is 41.0. The van der Waals surface area contributed by atoms with E-state index in [2.05, 4.69) is 42.4 Å². The van der Waals surface area contributed by atoms with Gasteiger partial charge in [-0.15, -0.1) is 0 Å². The number of rotatable bonds is 8. The van der Waals surface area contributed by atoms with Gasteiger partial charge in [0, 0.05) is 37.6 Å². The summed E-state index contributed by atoms with van der Waals surface area (Å²) in [6, 6.07) is 6.34. The standard InChI is InChI=1S/C19H25N5O3S.C19H24N4O3S/c1-11(25)16-10-17(22-24(16)2)28(20,27)23-19(26)21-18-14-7-3-5-12(14)9-13-6-4-8-15(13)18;1-11(24)16-10-17(21-23(16)2)27(26)22-19(25)20-18-14-7-3-5-12(14)9-13-6-4-8-15(13)18/h9-11,25H,3-8H2,1-2H3,(H3,20,21,23,26,27);9-11,24H,3-8H2,1-2H3,(H2,20,22,25). The molecule has 4 aliphatic rings. The number of nitrogens with one attached hydrogen (secondary N) is 5. The van der Waals surface area contributed by atoms with Gasteiger partial charge in [-0.05, 0) is 135 Å². The van der Waals surface area contributed by atoms with Gasteiger partial charge in [0.2, 0.25) is 0 Å². The monoisotopic (exact) mass is 791 g/mol. The van der Waals surface area contributed by atoms with E-state index in [1.165, 1.54) is 59.9 Å². The molecule has 0 radical (unpaired) electrons. The van der Waals surface area contributed by atoms with Crippen LogP contribution in [0.2, 0.25) is 0 Å². The predicted molar refractivity (Wildman–Crippen MR) is 209 cm³/mol. The molecule has 2 aromatic carbocycles. The van der Waals surface area contributed by atoms with Crippen LogP contribution in [0.1, 0.15) is 108 Å². The summed E-state index contributed by atoms with van der Waals surface area (Å²) in [6.45, 7) is 3.17. The van der Waals surface area contributed by atoms with E-state index < -0.39 is 45.2 Å². The minimum absolute atomic E-state index is 0.0791. The molecule has 0 spiro atoms. The number of anilines is 2. The molecule has 2 heterocycles. The van der Waals surface area contributed by atoms with Crippen molar-refractivity contribution >= 4 is 44.3 Å². The summed E-state index contributed by atoms with van der Waals surface area (Å²) >= 11 is 0. The number of aryl methyl sites for hydroxylation is 6. The van der Waals surface area contributed by atoms with Gasteiger partial charge in [0.15, 0.2) is 31.0 Å². The number of fused-ring (bicyclic) bond motifs is 4. The van der Waals surface area contributed by atoms with Crippen LogP contribution in [0.3, 0.4) is 0 Å². The van der Waals surface area contributed by atoms with E-state index in [1.807, 2.05) is 0 Å². The van der Waals surface area contributed by atoms with Crippen LogP contribution in [-0.4, -0.2) is 50.3 Å². The van der Waals surface area contributed by atoms with Crippen molar-refractivity contribution in [2.24, 2.45) is 14.1 Å². The van der Waals surface area contributed by atoms with Gasteiger partial charge < -0.3 is 20.8 Å². The van der Waals surface area contributed by atoms with Crippen molar-refractivity contribution in [2.45, 2.75) is 113 Å². The van der Waals surface area contributed by atoms with Gasteiger partial charge in [-0.3, -0.25) is 14.1 Å². The average Bonchev–Trinajstić information content (AvgIpc) is 3.96. The van der Waals surface area contributed by atoms with E-state index in [4.69, 9.17) is 4.78 Å². The molecule has 4 unspecified atom stereocenters. The van der Waals surface area contributed by atoms with E-state index in [0.717, 1.165) is 88.4 Å². The molecular weight excluding hydrogens is 743 g/mol. The van der Waals surface area contributed by atoms with Crippen LogP contribution in [0, 0.1) is 4.78 Å². The van der Waals surface area contributed by atoms with Gasteiger partial charge >= 0.3 is 12.1 Å². The van der Waals surface area contributed by atoms with Gasteiger partial charge in [0.05, 0.1) is 23.6 Å². The molecule has 4 amide bonds. The maximum absolute atomic E-state index is 12.8. The van der Waals surface area contributed by atoms with E-state index >= 15 is 0 Å². The lowest BCUT2D eigenvalue weighted by atomic mass is 9.99. The topological polar surface area (TPSA) is 216 Å². The highest BCUT2D eigenvalue weighted by Gasteiger charge is 2.28. The fourth-order valence-electron chi connectivity index (χ4n) is 8.45. The summed E-state index contributed by atoms with van der Waals surface area (Å²) in [5.41, 5.74) is 12.7. The van der Waals surface area contributed by atoms with Crippen LogP contribution in [0.25, 0.3) is 0 Å². The quantitative estimate of drug-likeness (QED) is 0.130. The Morgan fingerprint density at radius 3 is 1.55 bits per heavy atom. The first-order valence-corrected chi connectivity index (χ1v) is 21.5. The summed E-state index contributed by atoms with van der Waals surface area (Å²) in [5, 5.41) is 33.5. The Labute approximate surface area is 323 Å². The molecule has 0 saturated carbocycles. The number of aliphatic hydroxyl groups excluding tert-OH is 2. The predicted octanol–water partition coefficient (Wildman–Crippen LogP) is 4.89. The minimum atomic E-state index is -3.65. The molecule has 8 rings (SSSR count). The molecule has 0 saturated heterocycles. The first kappa shape index (κ1) is 38.7. The number of benzene rings is 2. The molecule has 0 bridgehead atoms. The fourth-order valence-corrected chi connectivity index (χ4v) is 10.1. The van der Waals surface area contributed by atoms with E-state index in [1.54, 1.807) is 34.0 Å². The minimum Gasteiger partial charge on any atom is -0.387 e. The largest absolute Gasteiger partial charge is 0.387 e. The van der Waals surface area contributed by atoms with Crippen LogP contribution in [-0.2, 0) is 86.4 Å². The van der Waals surface area contributed by atoms with Crippen molar-refractivity contribution < 1.29 is 28.2 Å². The highest BCUT2D eigenvalue weighted by atomic mass is 32.2. The first-order valence-electron chi connectivity index (χ1n) is 18.8. The average molecular weight is 792 g/mol. The zero-order valence-electron chi connectivity index (χ0n) is 31.6. The summed E-state index contributed by atoms with van der Waals surface area (Å²) in [6.07, 6.45) is 10.8. The maximum atomic E-state index is 12.8. The third kappa shape index (κ3) is 7.92. The first-order chi connectivity index (χ1) is 26.2. The van der Waals surface area contributed by atoms with Gasteiger partial charge in [-0.25, -0.2) is 27.5 Å². The highest BCUT2D eigenvalue weighted by molar-refractivity contribution is 7.91. The number of urea groups is 2. The molecule has 4 aromatic rings. The molecule has 55 heavy (non-hydrogen) atoms. The van der Waals surface area contributed by atoms with Crippen molar-refractivity contribution in [1.29, 1.82) is 4.78 Å². The Bertz CT molecular complexity index is 2250. The Morgan fingerprint density at radius 1 is 0.709 bits per heavy atom. The number of hydrogen-bond donors (Lipinski definition) is 7. The summed E-state index contributed by atoms with van der Waals surface area (Å²) in [5.74, 6) is 0. The summed E-state index contributed by atoms with van der Waals surface area (Å²) in [4.78, 5) is 25.1. The molecule has 0 fully saturated rings. The van der Waals surface area contributed by atoms with E-state index in [-0.39, 0.29) is 10.1 Å². The normalized spacial score (nSPS) is 17.8. The number of hydrogen-bond acceptors (Lipinski definition) is 9. The molecule has 17 heteroatoms. The smallest absolute Gasteiger partial charge is 0.332 e. The van der Waals surface area contributed by atoms with Crippen molar-refractivity contribution in [3.8, 4) is 0 Å². The zero-order valence-corrected chi connectivity index (χ0v) is 33.2. The number of carbonyl (C=O) groups excluding carboxylic acids is 2. The van der Waals surface area contributed by atoms with Gasteiger partial charge in [0.1, 0.15) is 0 Å². The number of aliphatic hydroxyl groups is 2. The van der Waals surface area contributed by atoms with Gasteiger partial charge in [-0.2, -0.15) is 10.2 Å². The van der Waals surface area contributed by atoms with Crippen molar-refractivity contribution in [3.63, 3.8) is 0 Å². The SMILES string of the molecule is CC(O)c1cc(S(=N)(=O)NC(=O)Nc2c3c(cc4c2CCC4)CCC3)nn1C.CC(O)c1cc(S(=O)NC(=O)Nc2c3c(cc4c2CCC4)CCC3)nn1C. The Morgan fingerprint density at radius 2 is 1.13 bits per heavy atom. The Kier molecular flexibility index (Phi) is 10.9. The van der Waals surface area contributed by atoms with Crippen molar-refractivity contribution in [3.05, 3.63) is 80.2 Å². The molecule has 7 N–H and O–H groups in total. The lowest BCUT2D eigenvalue weighted by Crippen LogP contribution is -2.34. The van der Waals surface area contributed by atoms with Gasteiger partial charge in [-0.1, -0.05) is 12.1 Å². The second-order valence-electron chi connectivity index (χ2n) is 14.8. The second kappa shape index (κ2) is 15.5. The van der Waals surface area contributed by atoms with Crippen molar-refractivity contribution in [2.75, 3.05) is 10.6 Å². The molecule has 15 nitrogen and oxygen atoms in total. The number of aromatic nitrogens is 4.